The molecule has 0 radical (unpaired) electrons. The van der Waals surface area contributed by atoms with Gasteiger partial charge in [0.2, 0.25) is 15.9 Å². The zero-order chi connectivity index (χ0) is 15.0. The fraction of sp³-hybridized carbons (Fsp3) is 0.429. The first-order valence-corrected chi connectivity index (χ1v) is 8.36. The van der Waals surface area contributed by atoms with Crippen molar-refractivity contribution in [2.45, 2.75) is 32.1 Å². The number of sulfonamides is 1. The quantitative estimate of drug-likeness (QED) is 0.864. The number of hydrogen-bond acceptors (Lipinski definition) is 5. The Balaban J connectivity index is 1.90. The molecule has 0 atom stereocenters. The third-order valence-electron chi connectivity index (χ3n) is 3.56. The lowest BCUT2D eigenvalue weighted by atomic mass is 10.2. The van der Waals surface area contributed by atoms with Crippen LogP contribution < -0.4 is 0 Å². The summed E-state index contributed by atoms with van der Waals surface area (Å²) < 4.78 is 31.7. The summed E-state index contributed by atoms with van der Waals surface area (Å²) in [5.74, 6) is 1.26. The molecule has 0 amide bonds. The minimum atomic E-state index is -3.26. The summed E-state index contributed by atoms with van der Waals surface area (Å²) in [5, 5.41) is -0.427. The number of hydrogen-bond donors (Lipinski definition) is 0. The largest absolute Gasteiger partial charge is 0.441 e. The minimum Gasteiger partial charge on any atom is -0.441 e. The summed E-state index contributed by atoms with van der Waals surface area (Å²) >= 11 is 0. The van der Waals surface area contributed by atoms with Crippen molar-refractivity contribution < 1.29 is 12.8 Å². The lowest BCUT2D eigenvalue weighted by Gasteiger charge is -2.26. The van der Waals surface area contributed by atoms with Gasteiger partial charge in [0, 0.05) is 25.4 Å². The third kappa shape index (κ3) is 2.58. The molecule has 0 N–H and O–H groups in total. The first-order chi connectivity index (χ1) is 9.98. The van der Waals surface area contributed by atoms with E-state index in [0.29, 0.717) is 24.6 Å². The van der Waals surface area contributed by atoms with Crippen LogP contribution in [-0.2, 0) is 23.0 Å². The fourth-order valence-electron chi connectivity index (χ4n) is 2.30. The Hall–Kier alpha value is -1.73. The van der Waals surface area contributed by atoms with Crippen LogP contribution in [0.2, 0.25) is 0 Å². The summed E-state index contributed by atoms with van der Waals surface area (Å²) in [5.41, 5.74) is 1.49. The predicted molar refractivity (Wildman–Crippen MR) is 77.9 cm³/mol. The summed E-state index contributed by atoms with van der Waals surface area (Å²) in [7, 11) is -3.26. The summed E-state index contributed by atoms with van der Waals surface area (Å²) in [4.78, 5) is 8.47. The molecule has 0 saturated heterocycles. The van der Waals surface area contributed by atoms with Gasteiger partial charge in [-0.15, -0.1) is 0 Å². The second-order valence-electron chi connectivity index (χ2n) is 5.31. The zero-order valence-corrected chi connectivity index (χ0v) is 12.8. The molecule has 0 bridgehead atoms. The highest BCUT2D eigenvalue weighted by atomic mass is 32.2. The summed E-state index contributed by atoms with van der Waals surface area (Å²) in [6.45, 7) is 4.10. The lowest BCUT2D eigenvalue weighted by molar-refractivity contribution is 0.359. The van der Waals surface area contributed by atoms with E-state index in [1.165, 1.54) is 4.31 Å². The van der Waals surface area contributed by atoms with E-state index in [0.717, 1.165) is 11.3 Å². The number of fused-ring (bicyclic) bond motifs is 1. The Morgan fingerprint density at radius 1 is 1.38 bits per heavy atom. The topological polar surface area (TPSA) is 76.3 Å². The Kier molecular flexibility index (Phi) is 3.54. The van der Waals surface area contributed by atoms with Crippen molar-refractivity contribution in [3.63, 3.8) is 0 Å². The van der Waals surface area contributed by atoms with Crippen LogP contribution in [0.5, 0.6) is 0 Å². The van der Waals surface area contributed by atoms with E-state index in [1.807, 2.05) is 12.1 Å². The van der Waals surface area contributed by atoms with Gasteiger partial charge in [-0.1, -0.05) is 0 Å². The molecule has 3 rings (SSSR count). The van der Waals surface area contributed by atoms with Crippen LogP contribution in [0.1, 0.15) is 25.3 Å². The standard InChI is InChI=1S/C14H17N3O3S/c1-10(2)21(18,19)17-7-5-13-12(9-17)16-14(20-13)11-4-3-6-15-8-11/h3-4,6,8,10H,5,7,9H2,1-2H3. The molecule has 1 aliphatic rings. The molecule has 0 aliphatic carbocycles. The van der Waals surface area contributed by atoms with Crippen molar-refractivity contribution in [1.29, 1.82) is 0 Å². The van der Waals surface area contributed by atoms with Gasteiger partial charge in [-0.2, -0.15) is 4.31 Å². The highest BCUT2D eigenvalue weighted by molar-refractivity contribution is 7.89. The van der Waals surface area contributed by atoms with Gasteiger partial charge in [-0.3, -0.25) is 4.98 Å². The molecule has 1 aliphatic heterocycles. The van der Waals surface area contributed by atoms with Gasteiger partial charge < -0.3 is 4.42 Å². The minimum absolute atomic E-state index is 0.277. The predicted octanol–water partition coefficient (Wildman–Crippen LogP) is 1.83. The van der Waals surface area contributed by atoms with Crippen molar-refractivity contribution >= 4 is 10.0 Å². The van der Waals surface area contributed by atoms with E-state index in [2.05, 4.69) is 9.97 Å². The highest BCUT2D eigenvalue weighted by Crippen LogP contribution is 2.27. The van der Waals surface area contributed by atoms with Gasteiger partial charge in [-0.25, -0.2) is 13.4 Å². The van der Waals surface area contributed by atoms with E-state index >= 15 is 0 Å². The highest BCUT2D eigenvalue weighted by Gasteiger charge is 2.32. The molecule has 3 heterocycles. The molecule has 0 aromatic carbocycles. The van der Waals surface area contributed by atoms with E-state index in [-0.39, 0.29) is 6.54 Å². The van der Waals surface area contributed by atoms with Gasteiger partial charge in [0.25, 0.3) is 0 Å². The Bertz CT molecular complexity index is 738. The maximum atomic E-state index is 12.2. The van der Waals surface area contributed by atoms with Crippen LogP contribution in [0.25, 0.3) is 11.5 Å². The first kappa shape index (κ1) is 14.2. The number of oxazole rings is 1. The van der Waals surface area contributed by atoms with Crippen molar-refractivity contribution in [3.05, 3.63) is 36.0 Å². The number of nitrogens with zero attached hydrogens (tertiary/aromatic N) is 3. The van der Waals surface area contributed by atoms with E-state index < -0.39 is 15.3 Å². The van der Waals surface area contributed by atoms with Crippen LogP contribution in [0.3, 0.4) is 0 Å². The average Bonchev–Trinajstić information content (AvgIpc) is 2.91. The van der Waals surface area contributed by atoms with Gasteiger partial charge in [0.1, 0.15) is 5.76 Å². The van der Waals surface area contributed by atoms with E-state index in [1.54, 1.807) is 26.2 Å². The second kappa shape index (κ2) is 5.23. The second-order valence-corrected chi connectivity index (χ2v) is 7.80. The van der Waals surface area contributed by atoms with Crippen molar-refractivity contribution in [2.75, 3.05) is 6.54 Å². The Morgan fingerprint density at radius 3 is 2.86 bits per heavy atom. The van der Waals surface area contributed by atoms with E-state index in [9.17, 15) is 8.42 Å². The summed E-state index contributed by atoms with van der Waals surface area (Å²) in [6, 6.07) is 3.68. The lowest BCUT2D eigenvalue weighted by Crippen LogP contribution is -2.39. The smallest absolute Gasteiger partial charge is 0.228 e. The van der Waals surface area contributed by atoms with Crippen LogP contribution >= 0.6 is 0 Å². The van der Waals surface area contributed by atoms with Crippen LogP contribution in [0.4, 0.5) is 0 Å². The third-order valence-corrected chi connectivity index (χ3v) is 5.78. The molecule has 0 spiro atoms. The van der Waals surface area contributed by atoms with Gasteiger partial charge in [-0.05, 0) is 26.0 Å². The zero-order valence-electron chi connectivity index (χ0n) is 12.0. The Labute approximate surface area is 123 Å². The number of pyridine rings is 1. The molecule has 21 heavy (non-hydrogen) atoms. The maximum absolute atomic E-state index is 12.2. The van der Waals surface area contributed by atoms with Gasteiger partial charge >= 0.3 is 0 Å². The maximum Gasteiger partial charge on any atom is 0.228 e. The Morgan fingerprint density at radius 2 is 2.19 bits per heavy atom. The number of rotatable bonds is 3. The molecule has 2 aromatic heterocycles. The molecular weight excluding hydrogens is 290 g/mol. The van der Waals surface area contributed by atoms with Gasteiger partial charge in [0.05, 0.1) is 23.1 Å². The van der Waals surface area contributed by atoms with E-state index in [4.69, 9.17) is 4.42 Å². The van der Waals surface area contributed by atoms with Crippen molar-refractivity contribution in [1.82, 2.24) is 14.3 Å². The SMILES string of the molecule is CC(C)S(=O)(=O)N1CCc2oc(-c3cccnc3)nc2C1. The normalized spacial score (nSPS) is 16.1. The molecule has 6 nitrogen and oxygen atoms in total. The first-order valence-electron chi connectivity index (χ1n) is 6.86. The molecule has 2 aromatic rings. The van der Waals surface area contributed by atoms with Crippen LogP contribution in [0, 0.1) is 0 Å². The molecule has 0 saturated carbocycles. The molecule has 0 unspecified atom stereocenters. The van der Waals surface area contributed by atoms with Crippen LogP contribution in [-0.4, -0.2) is 34.5 Å². The average molecular weight is 307 g/mol. The molecule has 112 valence electrons. The van der Waals surface area contributed by atoms with Gasteiger partial charge in [0.15, 0.2) is 0 Å². The van der Waals surface area contributed by atoms with Crippen LogP contribution in [0.15, 0.2) is 28.9 Å². The monoisotopic (exact) mass is 307 g/mol. The summed E-state index contributed by atoms with van der Waals surface area (Å²) in [6.07, 6.45) is 3.91. The number of aromatic nitrogens is 2. The molecule has 0 fully saturated rings. The van der Waals surface area contributed by atoms with Crippen molar-refractivity contribution in [2.24, 2.45) is 0 Å². The molecule has 7 heteroatoms. The fourth-order valence-corrected chi connectivity index (χ4v) is 3.55. The van der Waals surface area contributed by atoms with Crippen molar-refractivity contribution in [3.8, 4) is 11.5 Å². The molecular formula is C14H17N3O3S.